The largest absolute Gasteiger partial charge is 0.455 e. The highest BCUT2D eigenvalue weighted by molar-refractivity contribution is 6.00. The SMILES string of the molecule is O=C(COC(=O)[C@@H]1CC(=O)N(c2cccc([N+](=O)[O-])c2)C1)Nc1ccc(F)cc1. The molecule has 1 aliphatic rings. The van der Waals surface area contributed by atoms with Gasteiger partial charge in [-0.05, 0) is 30.3 Å². The first-order valence-corrected chi connectivity index (χ1v) is 8.60. The summed E-state index contributed by atoms with van der Waals surface area (Å²) in [6, 6.07) is 10.6. The summed E-state index contributed by atoms with van der Waals surface area (Å²) in [7, 11) is 0. The van der Waals surface area contributed by atoms with E-state index in [-0.39, 0.29) is 24.6 Å². The molecule has 150 valence electrons. The average Bonchev–Trinajstić information content (AvgIpc) is 3.10. The van der Waals surface area contributed by atoms with Gasteiger partial charge in [-0.1, -0.05) is 6.07 Å². The number of esters is 1. The van der Waals surface area contributed by atoms with Gasteiger partial charge in [0.05, 0.1) is 16.5 Å². The van der Waals surface area contributed by atoms with E-state index < -0.39 is 35.1 Å². The summed E-state index contributed by atoms with van der Waals surface area (Å²) in [6.07, 6.45) is -0.124. The number of ether oxygens (including phenoxy) is 1. The molecule has 0 spiro atoms. The Bertz CT molecular complexity index is 963. The lowest BCUT2D eigenvalue weighted by atomic mass is 10.1. The zero-order valence-electron chi connectivity index (χ0n) is 15.0. The van der Waals surface area contributed by atoms with Gasteiger partial charge in [-0.3, -0.25) is 24.5 Å². The fraction of sp³-hybridized carbons (Fsp3) is 0.211. The predicted molar refractivity (Wildman–Crippen MR) is 99.5 cm³/mol. The predicted octanol–water partition coefficient (Wildman–Crippen LogP) is 2.27. The molecule has 0 saturated carbocycles. The molecule has 1 N–H and O–H groups in total. The Morgan fingerprint density at radius 1 is 1.24 bits per heavy atom. The van der Waals surface area contributed by atoms with Crippen molar-refractivity contribution >= 4 is 34.8 Å². The Labute approximate surface area is 164 Å². The first-order valence-electron chi connectivity index (χ1n) is 8.60. The molecule has 9 nitrogen and oxygen atoms in total. The van der Waals surface area contributed by atoms with Crippen LogP contribution in [0.5, 0.6) is 0 Å². The van der Waals surface area contributed by atoms with E-state index in [2.05, 4.69) is 5.32 Å². The molecule has 0 aromatic heterocycles. The van der Waals surface area contributed by atoms with Crippen LogP contribution in [0.2, 0.25) is 0 Å². The summed E-state index contributed by atoms with van der Waals surface area (Å²) < 4.78 is 17.8. The number of nitro benzene ring substituents is 1. The molecule has 0 aliphatic carbocycles. The highest BCUT2D eigenvalue weighted by Crippen LogP contribution is 2.28. The summed E-state index contributed by atoms with van der Waals surface area (Å²) in [4.78, 5) is 47.9. The van der Waals surface area contributed by atoms with Gasteiger partial charge in [0.15, 0.2) is 6.61 Å². The number of halogens is 1. The molecule has 2 aromatic rings. The third-order valence-electron chi connectivity index (χ3n) is 4.28. The van der Waals surface area contributed by atoms with Crippen LogP contribution >= 0.6 is 0 Å². The van der Waals surface area contributed by atoms with Crippen molar-refractivity contribution in [2.45, 2.75) is 6.42 Å². The minimum atomic E-state index is -0.791. The van der Waals surface area contributed by atoms with Gasteiger partial charge in [0.25, 0.3) is 11.6 Å². The molecule has 10 heteroatoms. The minimum Gasteiger partial charge on any atom is -0.455 e. The molecular weight excluding hydrogens is 385 g/mol. The number of anilines is 2. The van der Waals surface area contributed by atoms with Gasteiger partial charge in [-0.25, -0.2) is 4.39 Å². The van der Waals surface area contributed by atoms with Gasteiger partial charge in [0.1, 0.15) is 5.82 Å². The van der Waals surface area contributed by atoms with E-state index in [1.54, 1.807) is 0 Å². The zero-order chi connectivity index (χ0) is 21.0. The van der Waals surface area contributed by atoms with Crippen LogP contribution in [0, 0.1) is 21.8 Å². The molecule has 0 bridgehead atoms. The van der Waals surface area contributed by atoms with Crippen LogP contribution in [-0.2, 0) is 19.1 Å². The van der Waals surface area contributed by atoms with Crippen LogP contribution in [0.25, 0.3) is 0 Å². The molecule has 2 amide bonds. The van der Waals surface area contributed by atoms with Gasteiger partial charge in [0, 0.05) is 30.8 Å². The van der Waals surface area contributed by atoms with Gasteiger partial charge < -0.3 is 15.0 Å². The van der Waals surface area contributed by atoms with Crippen LogP contribution < -0.4 is 10.2 Å². The topological polar surface area (TPSA) is 119 Å². The minimum absolute atomic E-state index is 0.00157. The summed E-state index contributed by atoms with van der Waals surface area (Å²) in [5.41, 5.74) is 0.493. The molecule has 2 aromatic carbocycles. The van der Waals surface area contributed by atoms with Crippen molar-refractivity contribution in [3.05, 3.63) is 64.5 Å². The normalized spacial score (nSPS) is 15.8. The van der Waals surface area contributed by atoms with Gasteiger partial charge in [-0.15, -0.1) is 0 Å². The van der Waals surface area contributed by atoms with Crippen molar-refractivity contribution in [1.29, 1.82) is 0 Å². The lowest BCUT2D eigenvalue weighted by Crippen LogP contribution is -2.28. The zero-order valence-corrected chi connectivity index (χ0v) is 15.0. The molecule has 0 unspecified atom stereocenters. The first kappa shape index (κ1) is 19.9. The highest BCUT2D eigenvalue weighted by Gasteiger charge is 2.36. The molecular formula is C19H16FN3O6. The van der Waals surface area contributed by atoms with Gasteiger partial charge in [0.2, 0.25) is 5.91 Å². The van der Waals surface area contributed by atoms with Crippen LogP contribution in [0.1, 0.15) is 6.42 Å². The second kappa shape index (κ2) is 8.46. The lowest BCUT2D eigenvalue weighted by Gasteiger charge is -2.16. The number of hydrogen-bond acceptors (Lipinski definition) is 6. The Morgan fingerprint density at radius 3 is 2.66 bits per heavy atom. The third kappa shape index (κ3) is 4.92. The van der Waals surface area contributed by atoms with Crippen molar-refractivity contribution < 1.29 is 28.4 Å². The number of nitrogens with one attached hydrogen (secondary N) is 1. The fourth-order valence-electron chi connectivity index (χ4n) is 2.87. The molecule has 1 saturated heterocycles. The first-order chi connectivity index (χ1) is 13.8. The number of carbonyl (C=O) groups excluding carboxylic acids is 3. The van der Waals surface area contributed by atoms with E-state index >= 15 is 0 Å². The van der Waals surface area contributed by atoms with Crippen molar-refractivity contribution in [3.8, 4) is 0 Å². The maximum absolute atomic E-state index is 12.9. The van der Waals surface area contributed by atoms with Gasteiger partial charge >= 0.3 is 5.97 Å². The van der Waals surface area contributed by atoms with Crippen molar-refractivity contribution in [1.82, 2.24) is 0 Å². The second-order valence-electron chi connectivity index (χ2n) is 6.35. The van der Waals surface area contributed by atoms with Crippen molar-refractivity contribution in [2.75, 3.05) is 23.4 Å². The number of non-ortho nitro benzene ring substituents is 1. The smallest absolute Gasteiger partial charge is 0.311 e. The summed E-state index contributed by atoms with van der Waals surface area (Å²) in [5, 5.41) is 13.3. The molecule has 3 rings (SSSR count). The average molecular weight is 401 g/mol. The van der Waals surface area contributed by atoms with Crippen molar-refractivity contribution in [2.24, 2.45) is 5.92 Å². The molecule has 1 fully saturated rings. The summed E-state index contributed by atoms with van der Waals surface area (Å²) in [6.45, 7) is -0.559. The van der Waals surface area contributed by atoms with E-state index in [1.165, 1.54) is 53.4 Å². The third-order valence-corrected chi connectivity index (χ3v) is 4.28. The lowest BCUT2D eigenvalue weighted by molar-refractivity contribution is -0.384. The Balaban J connectivity index is 1.55. The number of amides is 2. The van der Waals surface area contributed by atoms with E-state index in [0.29, 0.717) is 11.4 Å². The maximum Gasteiger partial charge on any atom is 0.311 e. The van der Waals surface area contributed by atoms with E-state index in [1.807, 2.05) is 0 Å². The Hall–Kier alpha value is -3.82. The second-order valence-corrected chi connectivity index (χ2v) is 6.35. The van der Waals surface area contributed by atoms with E-state index in [4.69, 9.17) is 4.74 Å². The summed E-state index contributed by atoms with van der Waals surface area (Å²) in [5.74, 6) is -2.94. The van der Waals surface area contributed by atoms with E-state index in [0.717, 1.165) is 0 Å². The molecule has 29 heavy (non-hydrogen) atoms. The van der Waals surface area contributed by atoms with Crippen LogP contribution in [0.15, 0.2) is 48.5 Å². The molecule has 1 atom stereocenters. The van der Waals surface area contributed by atoms with Crippen LogP contribution in [-0.4, -0.2) is 35.9 Å². The number of benzene rings is 2. The number of carbonyl (C=O) groups is 3. The molecule has 1 heterocycles. The molecule has 0 radical (unpaired) electrons. The number of nitrogens with zero attached hydrogens (tertiary/aromatic N) is 2. The van der Waals surface area contributed by atoms with Crippen LogP contribution in [0.4, 0.5) is 21.5 Å². The standard InChI is InChI=1S/C19H16FN3O6/c20-13-4-6-14(7-5-13)21-17(24)11-29-19(26)12-8-18(25)22(10-12)15-2-1-3-16(9-15)23(27)28/h1-7,9,12H,8,10-11H2,(H,21,24)/t12-/m1/s1. The van der Waals surface area contributed by atoms with Crippen molar-refractivity contribution in [3.63, 3.8) is 0 Å². The number of nitro groups is 1. The number of rotatable bonds is 6. The fourth-order valence-corrected chi connectivity index (χ4v) is 2.87. The maximum atomic E-state index is 12.9. The van der Waals surface area contributed by atoms with E-state index in [9.17, 15) is 28.9 Å². The Morgan fingerprint density at radius 2 is 1.97 bits per heavy atom. The highest BCUT2D eigenvalue weighted by atomic mass is 19.1. The monoisotopic (exact) mass is 401 g/mol. The number of hydrogen-bond donors (Lipinski definition) is 1. The summed E-state index contributed by atoms with van der Waals surface area (Å²) >= 11 is 0. The van der Waals surface area contributed by atoms with Gasteiger partial charge in [-0.2, -0.15) is 0 Å². The van der Waals surface area contributed by atoms with Crippen LogP contribution in [0.3, 0.4) is 0 Å². The Kier molecular flexibility index (Phi) is 5.82. The molecule has 1 aliphatic heterocycles. The quantitative estimate of drug-likeness (QED) is 0.451.